The monoisotopic (exact) mass is 276 g/mol. The zero-order chi connectivity index (χ0) is 14.4. The van der Waals surface area contributed by atoms with Crippen LogP contribution in [0.5, 0.6) is 0 Å². The van der Waals surface area contributed by atoms with Gasteiger partial charge >= 0.3 is 5.97 Å². The second kappa shape index (κ2) is 7.79. The molecule has 0 spiro atoms. The van der Waals surface area contributed by atoms with E-state index in [4.69, 9.17) is 14.6 Å². The summed E-state index contributed by atoms with van der Waals surface area (Å²) in [5.41, 5.74) is 0. The average molecular weight is 276 g/mol. The zero-order valence-electron chi connectivity index (χ0n) is 11.5. The summed E-state index contributed by atoms with van der Waals surface area (Å²) in [7, 11) is 0. The zero-order valence-corrected chi connectivity index (χ0v) is 11.5. The molecule has 1 saturated heterocycles. The van der Waals surface area contributed by atoms with Gasteiger partial charge in [-0.25, -0.2) is 0 Å². The summed E-state index contributed by atoms with van der Waals surface area (Å²) < 4.78 is 11.0. The number of rotatable bonds is 7. The van der Waals surface area contributed by atoms with E-state index in [1.165, 1.54) is 0 Å². The average Bonchev–Trinajstić information content (AvgIpc) is 2.31. The van der Waals surface area contributed by atoms with Crippen molar-refractivity contribution in [2.45, 2.75) is 76.7 Å². The third kappa shape index (κ3) is 5.86. The number of carbonyl (C=O) groups is 1. The topological polar surface area (TPSA) is 96.2 Å². The van der Waals surface area contributed by atoms with Crippen LogP contribution in [-0.2, 0) is 14.3 Å². The molecule has 0 aliphatic carbocycles. The predicted molar refractivity (Wildman–Crippen MR) is 67.6 cm³/mol. The van der Waals surface area contributed by atoms with Crippen molar-refractivity contribution in [3.8, 4) is 0 Å². The van der Waals surface area contributed by atoms with Gasteiger partial charge in [0.1, 0.15) is 6.10 Å². The van der Waals surface area contributed by atoms with Crippen molar-refractivity contribution in [2.24, 2.45) is 0 Å². The Morgan fingerprint density at radius 1 is 1.37 bits per heavy atom. The molecule has 0 amide bonds. The molecule has 1 aliphatic rings. The minimum absolute atomic E-state index is 0.115. The molecule has 1 fully saturated rings. The van der Waals surface area contributed by atoms with Gasteiger partial charge in [-0.15, -0.1) is 0 Å². The van der Waals surface area contributed by atoms with Gasteiger partial charge in [0.2, 0.25) is 0 Å². The van der Waals surface area contributed by atoms with Crippen LogP contribution in [0.2, 0.25) is 0 Å². The van der Waals surface area contributed by atoms with Crippen LogP contribution in [-0.4, -0.2) is 52.0 Å². The lowest BCUT2D eigenvalue weighted by atomic mass is 10.0. The first-order valence-corrected chi connectivity index (χ1v) is 6.79. The molecule has 1 rings (SSSR count). The molecule has 0 saturated carbocycles. The third-order valence-electron chi connectivity index (χ3n) is 3.31. The predicted octanol–water partition coefficient (Wildman–Crippen LogP) is 0.893. The fourth-order valence-electron chi connectivity index (χ4n) is 2.07. The molecule has 0 aromatic heterocycles. The minimum atomic E-state index is -0.826. The van der Waals surface area contributed by atoms with Gasteiger partial charge in [-0.1, -0.05) is 6.42 Å². The highest BCUT2D eigenvalue weighted by Gasteiger charge is 2.35. The van der Waals surface area contributed by atoms with Crippen LogP contribution in [0.4, 0.5) is 0 Å². The molecule has 3 N–H and O–H groups in total. The summed E-state index contributed by atoms with van der Waals surface area (Å²) in [5.74, 6) is -0.789. The van der Waals surface area contributed by atoms with Gasteiger partial charge in [-0.3, -0.25) is 4.79 Å². The lowest BCUT2D eigenvalue weighted by Gasteiger charge is -2.36. The van der Waals surface area contributed by atoms with Gasteiger partial charge in [0.05, 0.1) is 18.3 Å². The number of aliphatic carboxylic acids is 1. The summed E-state index contributed by atoms with van der Waals surface area (Å²) >= 11 is 0. The van der Waals surface area contributed by atoms with E-state index >= 15 is 0 Å². The van der Waals surface area contributed by atoms with Crippen molar-refractivity contribution in [2.75, 3.05) is 0 Å². The SMILES string of the molecule is CC1O[C@@H](O[C@H](C)CCCCC(=O)O)[C@H](O)C[C@H]1O. The van der Waals surface area contributed by atoms with Crippen LogP contribution in [0.25, 0.3) is 0 Å². The minimum Gasteiger partial charge on any atom is -0.481 e. The van der Waals surface area contributed by atoms with Crippen LogP contribution < -0.4 is 0 Å². The lowest BCUT2D eigenvalue weighted by Crippen LogP contribution is -2.48. The standard InChI is InChI=1S/C13H24O6/c1-8(5-3-4-6-12(16)17)18-13-11(15)7-10(14)9(2)19-13/h8-11,13-15H,3-7H2,1-2H3,(H,16,17)/t8-,9?,10-,11-,13-/m1/s1. The van der Waals surface area contributed by atoms with Crippen molar-refractivity contribution >= 4 is 5.97 Å². The van der Waals surface area contributed by atoms with E-state index in [0.717, 1.165) is 12.8 Å². The van der Waals surface area contributed by atoms with Gasteiger partial charge in [0, 0.05) is 12.8 Å². The van der Waals surface area contributed by atoms with Crippen LogP contribution in [0.3, 0.4) is 0 Å². The summed E-state index contributed by atoms with van der Waals surface area (Å²) in [6.07, 6.45) is -0.169. The maximum absolute atomic E-state index is 10.4. The summed E-state index contributed by atoms with van der Waals surface area (Å²) in [5, 5.41) is 27.8. The van der Waals surface area contributed by atoms with Gasteiger partial charge in [0.25, 0.3) is 0 Å². The molecule has 1 unspecified atom stereocenters. The van der Waals surface area contributed by atoms with Crippen molar-refractivity contribution < 1.29 is 29.6 Å². The summed E-state index contributed by atoms with van der Waals surface area (Å²) in [6.45, 7) is 3.61. The number of aliphatic hydroxyl groups is 2. The Bertz CT molecular complexity index is 282. The molecule has 0 bridgehead atoms. The highest BCUT2D eigenvalue weighted by Crippen LogP contribution is 2.23. The largest absolute Gasteiger partial charge is 0.481 e. The van der Waals surface area contributed by atoms with Crippen molar-refractivity contribution in [3.05, 3.63) is 0 Å². The number of ether oxygens (including phenoxy) is 2. The molecule has 112 valence electrons. The van der Waals surface area contributed by atoms with Crippen LogP contribution >= 0.6 is 0 Å². The van der Waals surface area contributed by atoms with Crippen LogP contribution in [0.15, 0.2) is 0 Å². The van der Waals surface area contributed by atoms with Crippen molar-refractivity contribution in [1.82, 2.24) is 0 Å². The van der Waals surface area contributed by atoms with E-state index in [9.17, 15) is 15.0 Å². The van der Waals surface area contributed by atoms with Crippen LogP contribution in [0.1, 0.15) is 46.0 Å². The van der Waals surface area contributed by atoms with E-state index in [1.807, 2.05) is 6.92 Å². The van der Waals surface area contributed by atoms with Gasteiger partial charge in [-0.2, -0.15) is 0 Å². The first kappa shape index (κ1) is 16.4. The fourth-order valence-corrected chi connectivity index (χ4v) is 2.07. The lowest BCUT2D eigenvalue weighted by molar-refractivity contribution is -0.273. The Morgan fingerprint density at radius 3 is 2.68 bits per heavy atom. The second-order valence-electron chi connectivity index (χ2n) is 5.17. The smallest absolute Gasteiger partial charge is 0.303 e. The number of carboxylic acids is 1. The van der Waals surface area contributed by atoms with Gasteiger partial charge in [-0.05, 0) is 26.7 Å². The number of hydrogen-bond donors (Lipinski definition) is 3. The van der Waals surface area contributed by atoms with Crippen molar-refractivity contribution in [1.29, 1.82) is 0 Å². The highest BCUT2D eigenvalue weighted by atomic mass is 16.7. The Morgan fingerprint density at radius 2 is 2.05 bits per heavy atom. The number of unbranched alkanes of at least 4 members (excludes halogenated alkanes) is 1. The number of carboxylic acid groups (broad SMARTS) is 1. The van der Waals surface area contributed by atoms with E-state index in [2.05, 4.69) is 0 Å². The normalized spacial score (nSPS) is 33.1. The van der Waals surface area contributed by atoms with Gasteiger partial charge < -0.3 is 24.8 Å². The summed E-state index contributed by atoms with van der Waals surface area (Å²) in [4.78, 5) is 10.4. The Balaban J connectivity index is 2.23. The molecular weight excluding hydrogens is 252 g/mol. The first-order chi connectivity index (χ1) is 8.90. The number of aliphatic hydroxyl groups excluding tert-OH is 2. The molecule has 6 nitrogen and oxygen atoms in total. The fraction of sp³-hybridized carbons (Fsp3) is 0.923. The van der Waals surface area contributed by atoms with Crippen LogP contribution in [0, 0.1) is 0 Å². The third-order valence-corrected chi connectivity index (χ3v) is 3.31. The Hall–Kier alpha value is -0.690. The van der Waals surface area contributed by atoms with E-state index in [1.54, 1.807) is 6.92 Å². The Labute approximate surface area is 113 Å². The summed E-state index contributed by atoms with van der Waals surface area (Å²) in [6, 6.07) is 0. The molecule has 0 aromatic carbocycles. The molecule has 19 heavy (non-hydrogen) atoms. The molecule has 0 radical (unpaired) electrons. The Kier molecular flexibility index (Phi) is 6.71. The second-order valence-corrected chi connectivity index (χ2v) is 5.17. The molecule has 5 atom stereocenters. The van der Waals surface area contributed by atoms with E-state index in [-0.39, 0.29) is 25.0 Å². The molecular formula is C13H24O6. The quantitative estimate of drug-likeness (QED) is 0.598. The first-order valence-electron chi connectivity index (χ1n) is 6.79. The van der Waals surface area contributed by atoms with Gasteiger partial charge in [0.15, 0.2) is 6.29 Å². The molecule has 6 heteroatoms. The molecule has 1 aliphatic heterocycles. The van der Waals surface area contributed by atoms with E-state index < -0.39 is 24.5 Å². The molecule has 0 aromatic rings. The highest BCUT2D eigenvalue weighted by molar-refractivity contribution is 5.66. The maximum atomic E-state index is 10.4. The number of hydrogen-bond acceptors (Lipinski definition) is 5. The van der Waals surface area contributed by atoms with E-state index in [0.29, 0.717) is 6.42 Å². The maximum Gasteiger partial charge on any atom is 0.303 e. The van der Waals surface area contributed by atoms with Crippen molar-refractivity contribution in [3.63, 3.8) is 0 Å². The molecule has 1 heterocycles.